The van der Waals surface area contributed by atoms with Gasteiger partial charge in [0.1, 0.15) is 17.8 Å². The summed E-state index contributed by atoms with van der Waals surface area (Å²) in [5.74, 6) is 1.28. The number of anilines is 3. The van der Waals surface area contributed by atoms with Gasteiger partial charge in [0.25, 0.3) is 5.91 Å². The molecule has 0 radical (unpaired) electrons. The quantitative estimate of drug-likeness (QED) is 0.724. The van der Waals surface area contributed by atoms with Crippen LogP contribution in [0.15, 0.2) is 36.7 Å². The zero-order chi connectivity index (χ0) is 19.1. The molecule has 1 aliphatic rings. The van der Waals surface area contributed by atoms with Crippen LogP contribution in [0.25, 0.3) is 0 Å². The fourth-order valence-electron chi connectivity index (χ4n) is 3.19. The predicted molar refractivity (Wildman–Crippen MR) is 110 cm³/mol. The number of carbonyl (C=O) groups excluding carboxylic acids is 1. The third kappa shape index (κ3) is 5.42. The summed E-state index contributed by atoms with van der Waals surface area (Å²) in [4.78, 5) is 22.9. The van der Waals surface area contributed by atoms with Crippen molar-refractivity contribution in [2.45, 2.75) is 39.5 Å². The van der Waals surface area contributed by atoms with Crippen molar-refractivity contribution in [1.82, 2.24) is 15.3 Å². The minimum absolute atomic E-state index is 0.163. The van der Waals surface area contributed by atoms with E-state index in [2.05, 4.69) is 63.6 Å². The highest BCUT2D eigenvalue weighted by molar-refractivity contribution is 5.92. The molecule has 144 valence electrons. The van der Waals surface area contributed by atoms with Crippen LogP contribution in [0.4, 0.5) is 17.2 Å². The van der Waals surface area contributed by atoms with E-state index in [1.165, 1.54) is 24.9 Å². The van der Waals surface area contributed by atoms with E-state index >= 15 is 0 Å². The second-order valence-electron chi connectivity index (χ2n) is 7.24. The fraction of sp³-hybridized carbons (Fsp3) is 0.476. The lowest BCUT2D eigenvalue weighted by atomic mass is 9.99. The Balaban J connectivity index is 1.60. The highest BCUT2D eigenvalue weighted by Crippen LogP contribution is 2.25. The summed E-state index contributed by atoms with van der Waals surface area (Å²) in [5, 5.41) is 6.13. The van der Waals surface area contributed by atoms with E-state index in [-0.39, 0.29) is 5.91 Å². The maximum absolute atomic E-state index is 12.1. The molecule has 2 aromatic rings. The molecule has 0 unspecified atom stereocenters. The maximum atomic E-state index is 12.1. The first-order valence-electron chi connectivity index (χ1n) is 9.88. The maximum Gasteiger partial charge on any atom is 0.270 e. The van der Waals surface area contributed by atoms with Crippen molar-refractivity contribution in [3.63, 3.8) is 0 Å². The van der Waals surface area contributed by atoms with Crippen LogP contribution in [0.5, 0.6) is 0 Å². The number of piperidine rings is 1. The molecule has 0 atom stereocenters. The van der Waals surface area contributed by atoms with Crippen LogP contribution < -0.4 is 15.5 Å². The molecule has 2 N–H and O–H groups in total. The number of carbonyl (C=O) groups is 1. The van der Waals surface area contributed by atoms with Crippen LogP contribution in [0, 0.1) is 5.92 Å². The average molecular weight is 367 g/mol. The van der Waals surface area contributed by atoms with E-state index in [1.54, 1.807) is 6.07 Å². The standard InChI is InChI=1S/C21H29N5O/c1-3-4-11-22-21(27)19-14-20(24-15-23-19)25-17-5-7-18(8-6-17)26-12-9-16(2)10-13-26/h5-8,14-16H,3-4,9-13H2,1-2H3,(H,22,27)(H,23,24,25). The number of hydrogen-bond acceptors (Lipinski definition) is 5. The molecule has 6 heteroatoms. The third-order valence-electron chi connectivity index (χ3n) is 5.00. The number of aromatic nitrogens is 2. The number of nitrogens with one attached hydrogen (secondary N) is 2. The van der Waals surface area contributed by atoms with Crippen molar-refractivity contribution < 1.29 is 4.79 Å². The lowest BCUT2D eigenvalue weighted by Gasteiger charge is -2.32. The monoisotopic (exact) mass is 367 g/mol. The second kappa shape index (κ2) is 9.35. The molecule has 1 amide bonds. The summed E-state index contributed by atoms with van der Waals surface area (Å²) < 4.78 is 0. The van der Waals surface area contributed by atoms with Crippen molar-refractivity contribution in [1.29, 1.82) is 0 Å². The number of benzene rings is 1. The Morgan fingerprint density at radius 2 is 1.93 bits per heavy atom. The first-order chi connectivity index (χ1) is 13.2. The van der Waals surface area contributed by atoms with Gasteiger partial charge in [-0.1, -0.05) is 20.3 Å². The number of rotatable bonds is 7. The molecule has 0 bridgehead atoms. The van der Waals surface area contributed by atoms with Gasteiger partial charge in [-0.3, -0.25) is 4.79 Å². The van der Waals surface area contributed by atoms with E-state index in [1.807, 2.05) is 0 Å². The predicted octanol–water partition coefficient (Wildman–Crippen LogP) is 3.99. The molecule has 1 saturated heterocycles. The number of amides is 1. The molecule has 1 aromatic heterocycles. The zero-order valence-corrected chi connectivity index (χ0v) is 16.2. The van der Waals surface area contributed by atoms with Gasteiger partial charge in [-0.25, -0.2) is 9.97 Å². The summed E-state index contributed by atoms with van der Waals surface area (Å²) in [7, 11) is 0. The van der Waals surface area contributed by atoms with Crippen molar-refractivity contribution in [2.24, 2.45) is 5.92 Å². The molecule has 1 aromatic carbocycles. The Morgan fingerprint density at radius 3 is 2.63 bits per heavy atom. The Bertz CT molecular complexity index is 738. The number of hydrogen-bond donors (Lipinski definition) is 2. The van der Waals surface area contributed by atoms with Gasteiger partial charge in [0.15, 0.2) is 0 Å². The average Bonchev–Trinajstić information content (AvgIpc) is 2.70. The Hall–Kier alpha value is -2.63. The van der Waals surface area contributed by atoms with Crippen LogP contribution >= 0.6 is 0 Å². The highest BCUT2D eigenvalue weighted by Gasteiger charge is 2.16. The van der Waals surface area contributed by atoms with Gasteiger partial charge in [0.2, 0.25) is 0 Å². The fourth-order valence-corrected chi connectivity index (χ4v) is 3.19. The summed E-state index contributed by atoms with van der Waals surface area (Å²) in [6.45, 7) is 7.33. The van der Waals surface area contributed by atoms with Crippen molar-refractivity contribution in [2.75, 3.05) is 29.9 Å². The van der Waals surface area contributed by atoms with Crippen molar-refractivity contribution >= 4 is 23.1 Å². The van der Waals surface area contributed by atoms with Gasteiger partial charge in [-0.05, 0) is 49.4 Å². The molecule has 3 rings (SSSR count). The normalized spacial score (nSPS) is 14.8. The topological polar surface area (TPSA) is 70.2 Å². The zero-order valence-electron chi connectivity index (χ0n) is 16.2. The van der Waals surface area contributed by atoms with Crippen LogP contribution in [0.1, 0.15) is 50.0 Å². The molecule has 1 aliphatic heterocycles. The van der Waals surface area contributed by atoms with E-state index in [4.69, 9.17) is 0 Å². The first kappa shape index (κ1) is 19.1. The van der Waals surface area contributed by atoms with Crippen LogP contribution in [-0.4, -0.2) is 35.5 Å². The molecular formula is C21H29N5O. The van der Waals surface area contributed by atoms with Crippen LogP contribution in [0.3, 0.4) is 0 Å². The highest BCUT2D eigenvalue weighted by atomic mass is 16.1. The Morgan fingerprint density at radius 1 is 1.19 bits per heavy atom. The summed E-state index contributed by atoms with van der Waals surface area (Å²) >= 11 is 0. The Kier molecular flexibility index (Phi) is 6.63. The summed E-state index contributed by atoms with van der Waals surface area (Å²) in [6.07, 6.45) is 5.93. The minimum Gasteiger partial charge on any atom is -0.372 e. The minimum atomic E-state index is -0.163. The molecule has 0 saturated carbocycles. The molecule has 2 heterocycles. The molecule has 0 spiro atoms. The van der Waals surface area contributed by atoms with Gasteiger partial charge < -0.3 is 15.5 Å². The van der Waals surface area contributed by atoms with Gasteiger partial charge in [-0.2, -0.15) is 0 Å². The lowest BCUT2D eigenvalue weighted by Crippen LogP contribution is -2.32. The second-order valence-corrected chi connectivity index (χ2v) is 7.24. The van der Waals surface area contributed by atoms with Crippen molar-refractivity contribution in [3.05, 3.63) is 42.4 Å². The van der Waals surface area contributed by atoms with Gasteiger partial charge >= 0.3 is 0 Å². The van der Waals surface area contributed by atoms with Crippen LogP contribution in [0.2, 0.25) is 0 Å². The van der Waals surface area contributed by atoms with Gasteiger partial charge in [0, 0.05) is 37.1 Å². The molecule has 0 aliphatic carbocycles. The van der Waals surface area contributed by atoms with Crippen molar-refractivity contribution in [3.8, 4) is 0 Å². The van der Waals surface area contributed by atoms with E-state index in [9.17, 15) is 4.79 Å². The summed E-state index contributed by atoms with van der Waals surface area (Å²) in [5.41, 5.74) is 2.58. The van der Waals surface area contributed by atoms with E-state index in [0.29, 0.717) is 18.1 Å². The first-order valence-corrected chi connectivity index (χ1v) is 9.88. The SMILES string of the molecule is CCCCNC(=O)c1cc(Nc2ccc(N3CCC(C)CC3)cc2)ncn1. The molecular weight excluding hydrogens is 338 g/mol. The third-order valence-corrected chi connectivity index (χ3v) is 5.00. The van der Waals surface area contributed by atoms with E-state index in [0.717, 1.165) is 37.5 Å². The largest absolute Gasteiger partial charge is 0.372 e. The molecule has 6 nitrogen and oxygen atoms in total. The number of unbranched alkanes of at least 4 members (excludes halogenated alkanes) is 1. The van der Waals surface area contributed by atoms with Crippen LogP contribution in [-0.2, 0) is 0 Å². The summed E-state index contributed by atoms with van der Waals surface area (Å²) in [6, 6.07) is 10.1. The lowest BCUT2D eigenvalue weighted by molar-refractivity contribution is 0.0948. The molecule has 1 fully saturated rings. The van der Waals surface area contributed by atoms with Gasteiger partial charge in [-0.15, -0.1) is 0 Å². The molecule has 27 heavy (non-hydrogen) atoms. The Labute approximate surface area is 161 Å². The van der Waals surface area contributed by atoms with E-state index < -0.39 is 0 Å². The van der Waals surface area contributed by atoms with Gasteiger partial charge in [0.05, 0.1) is 0 Å². The number of nitrogens with zero attached hydrogens (tertiary/aromatic N) is 3. The smallest absolute Gasteiger partial charge is 0.270 e.